The van der Waals surface area contributed by atoms with Crippen LogP contribution in [0, 0.1) is 24.4 Å². The second-order valence-corrected chi connectivity index (χ2v) is 10.2. The van der Waals surface area contributed by atoms with E-state index < -0.39 is 21.7 Å². The van der Waals surface area contributed by atoms with Gasteiger partial charge in [-0.25, -0.2) is 13.4 Å². The van der Waals surface area contributed by atoms with Crippen LogP contribution in [0.1, 0.15) is 23.7 Å². The van der Waals surface area contributed by atoms with Crippen LogP contribution in [0.5, 0.6) is 5.75 Å². The van der Waals surface area contributed by atoms with Crippen molar-refractivity contribution in [3.63, 3.8) is 0 Å². The number of carbonyl (C=O) groups excluding carboxylic acids is 1. The Hall–Kier alpha value is -3.26. The molecule has 0 spiro atoms. The first-order chi connectivity index (χ1) is 15.1. The molecule has 0 bridgehead atoms. The van der Waals surface area contributed by atoms with Gasteiger partial charge in [0.2, 0.25) is 0 Å². The highest BCUT2D eigenvalue weighted by molar-refractivity contribution is 7.91. The molecule has 1 aliphatic rings. The highest BCUT2D eigenvalue weighted by atomic mass is 32.2. The topological polar surface area (TPSA) is 83.3 Å². The quantitative estimate of drug-likeness (QED) is 0.612. The molecule has 0 saturated carbocycles. The summed E-state index contributed by atoms with van der Waals surface area (Å²) in [6.45, 7) is 5.67. The molecule has 0 fully saturated rings. The van der Waals surface area contributed by atoms with Crippen LogP contribution in [0.2, 0.25) is 0 Å². The predicted octanol–water partition coefficient (Wildman–Crippen LogP) is 4.85. The van der Waals surface area contributed by atoms with Crippen LogP contribution in [0.15, 0.2) is 53.6 Å². The number of carbonyl (C=O) groups is 1. The van der Waals surface area contributed by atoms with Crippen LogP contribution in [0.25, 0.3) is 11.1 Å². The zero-order valence-corrected chi connectivity index (χ0v) is 19.1. The van der Waals surface area contributed by atoms with Crippen LogP contribution in [0.3, 0.4) is 0 Å². The number of aryl methyl sites for hydroxylation is 2. The minimum atomic E-state index is -2.93. The van der Waals surface area contributed by atoms with Gasteiger partial charge < -0.3 is 9.64 Å². The predicted molar refractivity (Wildman–Crippen MR) is 122 cm³/mol. The van der Waals surface area contributed by atoms with Gasteiger partial charge in [-0.1, -0.05) is 12.1 Å². The maximum atomic E-state index is 15.2. The molecule has 4 rings (SSSR count). The fraction of sp³-hybridized carbons (Fsp3) is 0.250. The molecular weight excluding hydrogens is 429 g/mol. The van der Waals surface area contributed by atoms with Gasteiger partial charge in [0, 0.05) is 23.0 Å². The Bertz CT molecular complexity index is 1320. The van der Waals surface area contributed by atoms with Gasteiger partial charge in [0.05, 0.1) is 22.0 Å². The summed E-state index contributed by atoms with van der Waals surface area (Å²) in [7, 11) is -2.93. The molecule has 6 nitrogen and oxygen atoms in total. The molecule has 32 heavy (non-hydrogen) atoms. The van der Waals surface area contributed by atoms with E-state index in [2.05, 4.69) is 4.98 Å². The lowest BCUT2D eigenvalue weighted by Gasteiger charge is -2.34. The number of rotatable bonds is 4. The van der Waals surface area contributed by atoms with Crippen molar-refractivity contribution in [1.82, 2.24) is 4.98 Å². The highest BCUT2D eigenvalue weighted by Crippen LogP contribution is 2.41. The number of amides is 1. The maximum Gasteiger partial charge on any atom is 0.268 e. The first-order valence-electron chi connectivity index (χ1n) is 10.1. The van der Waals surface area contributed by atoms with Crippen LogP contribution in [-0.2, 0) is 21.1 Å². The number of benzene rings is 2. The van der Waals surface area contributed by atoms with E-state index in [9.17, 15) is 9.00 Å². The molecule has 8 heteroatoms. The number of nitrogens with zero attached hydrogens (tertiary/aromatic N) is 2. The van der Waals surface area contributed by atoms with E-state index >= 15 is 4.39 Å². The van der Waals surface area contributed by atoms with Crippen LogP contribution in [-0.4, -0.2) is 27.5 Å². The lowest BCUT2D eigenvalue weighted by molar-refractivity contribution is -0.125. The normalized spacial score (nSPS) is 17.5. The van der Waals surface area contributed by atoms with Crippen molar-refractivity contribution in [2.24, 2.45) is 0 Å². The smallest absolute Gasteiger partial charge is 0.268 e. The fourth-order valence-electron chi connectivity index (χ4n) is 3.83. The van der Waals surface area contributed by atoms with E-state index in [0.29, 0.717) is 21.7 Å². The van der Waals surface area contributed by atoms with E-state index in [0.717, 1.165) is 16.8 Å². The minimum Gasteiger partial charge on any atom is -0.476 e. The molecule has 0 aliphatic carbocycles. The van der Waals surface area contributed by atoms with E-state index in [1.165, 1.54) is 17.2 Å². The molecule has 1 amide bonds. The number of hydrogen-bond donors (Lipinski definition) is 1. The number of nitrogens with one attached hydrogen (secondary N) is 1. The maximum absolute atomic E-state index is 15.2. The third kappa shape index (κ3) is 3.98. The van der Waals surface area contributed by atoms with Gasteiger partial charge in [-0.05, 0) is 73.4 Å². The number of hydrogen-bond acceptors (Lipinski definition) is 5. The Labute approximate surface area is 187 Å². The Balaban J connectivity index is 1.86. The Morgan fingerprint density at radius 3 is 2.62 bits per heavy atom. The van der Waals surface area contributed by atoms with Crippen molar-refractivity contribution >= 4 is 21.3 Å². The average molecular weight is 454 g/mol. The molecule has 1 unspecified atom stereocenters. The van der Waals surface area contributed by atoms with Crippen molar-refractivity contribution in [2.75, 3.05) is 11.2 Å². The Kier molecular flexibility index (Phi) is 5.50. The number of aromatic nitrogens is 1. The summed E-state index contributed by atoms with van der Waals surface area (Å²) in [5, 5.41) is 0. The Morgan fingerprint density at radius 2 is 1.94 bits per heavy atom. The van der Waals surface area contributed by atoms with E-state index in [4.69, 9.17) is 9.52 Å². The summed E-state index contributed by atoms with van der Waals surface area (Å²) in [5.41, 5.74) is 4.13. The van der Waals surface area contributed by atoms with E-state index in [-0.39, 0.29) is 18.2 Å². The van der Waals surface area contributed by atoms with Crippen molar-refractivity contribution < 1.29 is 18.1 Å². The molecular formula is C24H24FN3O3S. The van der Waals surface area contributed by atoms with Crippen LogP contribution < -0.4 is 9.64 Å². The Morgan fingerprint density at radius 1 is 1.19 bits per heavy atom. The standard InChI is InChI=1S/C24H24FN3O3S/c1-14-8-9-27-15(2)20(14)13-28-22-12-18(11-21(25)23(22)31-16(3)24(28)29)17-6-5-7-19(10-17)32(4,26)30/h5-12,16,26H,13H2,1-4H3/t16-,32?/m1/s1. The van der Waals surface area contributed by atoms with Crippen molar-refractivity contribution in [2.45, 2.75) is 38.3 Å². The molecule has 3 aromatic rings. The zero-order valence-electron chi connectivity index (χ0n) is 18.3. The largest absolute Gasteiger partial charge is 0.476 e. The summed E-state index contributed by atoms with van der Waals surface area (Å²) < 4.78 is 40.8. The molecule has 0 radical (unpaired) electrons. The summed E-state index contributed by atoms with van der Waals surface area (Å²) in [6, 6.07) is 11.6. The van der Waals surface area contributed by atoms with Gasteiger partial charge in [-0.3, -0.25) is 9.78 Å². The molecule has 166 valence electrons. The lowest BCUT2D eigenvalue weighted by Crippen LogP contribution is -2.44. The number of ether oxygens (including phenoxy) is 1. The fourth-order valence-corrected chi connectivity index (χ4v) is 4.52. The van der Waals surface area contributed by atoms with E-state index in [1.54, 1.807) is 43.5 Å². The van der Waals surface area contributed by atoms with Crippen LogP contribution >= 0.6 is 0 Å². The molecule has 0 saturated heterocycles. The van der Waals surface area contributed by atoms with Crippen molar-refractivity contribution in [3.05, 3.63) is 71.3 Å². The minimum absolute atomic E-state index is 0.0241. The molecule has 1 N–H and O–H groups in total. The first kappa shape index (κ1) is 22.0. The number of halogens is 1. The van der Waals surface area contributed by atoms with Gasteiger partial charge in [0.15, 0.2) is 17.7 Å². The summed E-state index contributed by atoms with van der Waals surface area (Å²) >= 11 is 0. The third-order valence-electron chi connectivity index (χ3n) is 5.66. The molecule has 2 atom stereocenters. The zero-order chi connectivity index (χ0) is 23.2. The second-order valence-electron chi connectivity index (χ2n) is 8.05. The van der Waals surface area contributed by atoms with E-state index in [1.807, 2.05) is 19.9 Å². The molecule has 2 aromatic carbocycles. The van der Waals surface area contributed by atoms with Gasteiger partial charge >= 0.3 is 0 Å². The van der Waals surface area contributed by atoms with Gasteiger partial charge in [-0.15, -0.1) is 0 Å². The first-order valence-corrected chi connectivity index (χ1v) is 12.1. The van der Waals surface area contributed by atoms with Crippen LogP contribution in [0.4, 0.5) is 10.1 Å². The van der Waals surface area contributed by atoms with Crippen molar-refractivity contribution in [3.8, 4) is 16.9 Å². The SMILES string of the molecule is Cc1ccnc(C)c1CN1C(=O)[C@@H](C)Oc2c(F)cc(-c3cccc(S(C)(=N)=O)c3)cc21. The second kappa shape index (κ2) is 8.02. The average Bonchev–Trinajstić information content (AvgIpc) is 2.73. The monoisotopic (exact) mass is 453 g/mol. The molecule has 1 aromatic heterocycles. The lowest BCUT2D eigenvalue weighted by atomic mass is 10.0. The third-order valence-corrected chi connectivity index (χ3v) is 6.82. The van der Waals surface area contributed by atoms with Gasteiger partial charge in [0.25, 0.3) is 5.91 Å². The summed E-state index contributed by atoms with van der Waals surface area (Å²) in [4.78, 5) is 19.3. The summed E-state index contributed by atoms with van der Waals surface area (Å²) in [5.74, 6) is -0.834. The summed E-state index contributed by atoms with van der Waals surface area (Å²) in [6.07, 6.45) is 2.24. The molecule has 2 heterocycles. The highest BCUT2D eigenvalue weighted by Gasteiger charge is 2.34. The van der Waals surface area contributed by atoms with Gasteiger partial charge in [-0.2, -0.15) is 0 Å². The number of anilines is 1. The number of fused-ring (bicyclic) bond motifs is 1. The van der Waals surface area contributed by atoms with Crippen molar-refractivity contribution in [1.29, 1.82) is 4.78 Å². The number of pyridine rings is 1. The van der Waals surface area contributed by atoms with Gasteiger partial charge in [0.1, 0.15) is 0 Å². The molecule has 1 aliphatic heterocycles.